The number of carbonyl (C=O) groups is 1. The maximum absolute atomic E-state index is 11.5. The van der Waals surface area contributed by atoms with Crippen molar-refractivity contribution in [2.45, 2.75) is 31.8 Å². The van der Waals surface area contributed by atoms with E-state index in [-0.39, 0.29) is 12.0 Å². The van der Waals surface area contributed by atoms with Crippen molar-refractivity contribution in [2.24, 2.45) is 5.92 Å². The van der Waals surface area contributed by atoms with Gasteiger partial charge in [-0.15, -0.1) is 0 Å². The molecule has 3 N–H and O–H groups in total. The standard InChI is InChI=1S/C14H21N3O2/c1-15-14(19)12-8-11(6-7-16-12)17-9-10-4-2-3-5-13(10)18/h6-8,10,13,18H,2-5,9H2,1H3,(H,15,19)(H,16,17). The Kier molecular flexibility index (Phi) is 4.74. The molecule has 2 rings (SSSR count). The summed E-state index contributed by atoms with van der Waals surface area (Å²) in [4.78, 5) is 15.5. The van der Waals surface area contributed by atoms with Crippen LogP contribution in [-0.2, 0) is 0 Å². The molecule has 1 saturated carbocycles. The maximum atomic E-state index is 11.5. The second-order valence-corrected chi connectivity index (χ2v) is 5.00. The van der Waals surface area contributed by atoms with E-state index in [2.05, 4.69) is 15.6 Å². The zero-order valence-corrected chi connectivity index (χ0v) is 11.2. The number of rotatable bonds is 4. The Bertz CT molecular complexity index is 436. The summed E-state index contributed by atoms with van der Waals surface area (Å²) < 4.78 is 0. The number of hydrogen-bond donors (Lipinski definition) is 3. The Morgan fingerprint density at radius 2 is 2.26 bits per heavy atom. The van der Waals surface area contributed by atoms with Crippen LogP contribution in [0.15, 0.2) is 18.3 Å². The van der Waals surface area contributed by atoms with E-state index in [1.165, 1.54) is 6.42 Å². The van der Waals surface area contributed by atoms with E-state index in [1.54, 1.807) is 19.3 Å². The Balaban J connectivity index is 1.93. The fourth-order valence-electron chi connectivity index (χ4n) is 2.47. The highest BCUT2D eigenvalue weighted by Crippen LogP contribution is 2.24. The van der Waals surface area contributed by atoms with E-state index < -0.39 is 0 Å². The molecule has 2 atom stereocenters. The molecule has 0 bridgehead atoms. The molecular weight excluding hydrogens is 242 g/mol. The van der Waals surface area contributed by atoms with Gasteiger partial charge in [0.25, 0.3) is 5.91 Å². The van der Waals surface area contributed by atoms with Crippen molar-refractivity contribution >= 4 is 11.6 Å². The lowest BCUT2D eigenvalue weighted by molar-refractivity contribution is 0.0763. The molecule has 1 aromatic rings. The first-order valence-corrected chi connectivity index (χ1v) is 6.81. The van der Waals surface area contributed by atoms with Gasteiger partial charge < -0.3 is 15.7 Å². The van der Waals surface area contributed by atoms with Crippen molar-refractivity contribution in [3.63, 3.8) is 0 Å². The van der Waals surface area contributed by atoms with Gasteiger partial charge in [0, 0.05) is 31.4 Å². The number of hydrogen-bond acceptors (Lipinski definition) is 4. The van der Waals surface area contributed by atoms with Gasteiger partial charge in [-0.25, -0.2) is 0 Å². The summed E-state index contributed by atoms with van der Waals surface area (Å²) in [5.74, 6) is 0.103. The van der Waals surface area contributed by atoms with E-state index >= 15 is 0 Å². The van der Waals surface area contributed by atoms with Gasteiger partial charge >= 0.3 is 0 Å². The Hall–Kier alpha value is -1.62. The fourth-order valence-corrected chi connectivity index (χ4v) is 2.47. The van der Waals surface area contributed by atoms with Gasteiger partial charge in [-0.2, -0.15) is 0 Å². The Labute approximate surface area is 113 Å². The second kappa shape index (κ2) is 6.52. The number of pyridine rings is 1. The van der Waals surface area contributed by atoms with Gasteiger partial charge in [0.1, 0.15) is 5.69 Å². The quantitative estimate of drug-likeness (QED) is 0.767. The zero-order valence-electron chi connectivity index (χ0n) is 11.2. The largest absolute Gasteiger partial charge is 0.393 e. The monoisotopic (exact) mass is 263 g/mol. The van der Waals surface area contributed by atoms with Crippen molar-refractivity contribution in [3.8, 4) is 0 Å². The molecule has 0 saturated heterocycles. The van der Waals surface area contributed by atoms with Crippen molar-refractivity contribution in [2.75, 3.05) is 18.9 Å². The first-order chi connectivity index (χ1) is 9.20. The molecule has 1 fully saturated rings. The average Bonchev–Trinajstić information content (AvgIpc) is 2.46. The molecule has 1 amide bonds. The SMILES string of the molecule is CNC(=O)c1cc(NCC2CCCCC2O)ccn1. The third-order valence-corrected chi connectivity index (χ3v) is 3.66. The topological polar surface area (TPSA) is 74.2 Å². The number of aromatic nitrogens is 1. The summed E-state index contributed by atoms with van der Waals surface area (Å²) in [5.41, 5.74) is 1.27. The van der Waals surface area contributed by atoms with Crippen molar-refractivity contribution in [1.29, 1.82) is 0 Å². The zero-order chi connectivity index (χ0) is 13.7. The van der Waals surface area contributed by atoms with Crippen molar-refractivity contribution in [1.82, 2.24) is 10.3 Å². The van der Waals surface area contributed by atoms with Crippen LogP contribution in [0.25, 0.3) is 0 Å². The molecule has 5 nitrogen and oxygen atoms in total. The smallest absolute Gasteiger partial charge is 0.269 e. The van der Waals surface area contributed by atoms with Crippen LogP contribution in [0.5, 0.6) is 0 Å². The molecule has 1 heterocycles. The highest BCUT2D eigenvalue weighted by molar-refractivity contribution is 5.92. The molecule has 104 valence electrons. The van der Waals surface area contributed by atoms with Crippen LogP contribution in [0.2, 0.25) is 0 Å². The van der Waals surface area contributed by atoms with E-state index in [1.807, 2.05) is 6.07 Å². The minimum atomic E-state index is -0.207. The normalized spacial score (nSPS) is 22.8. The predicted octanol–water partition coefficient (Wildman–Crippen LogP) is 1.40. The minimum absolute atomic E-state index is 0.193. The molecule has 0 aromatic carbocycles. The first kappa shape index (κ1) is 13.8. The summed E-state index contributed by atoms with van der Waals surface area (Å²) in [7, 11) is 1.59. The third kappa shape index (κ3) is 3.67. The van der Waals surface area contributed by atoms with Crippen LogP contribution in [0.4, 0.5) is 5.69 Å². The van der Waals surface area contributed by atoms with E-state index in [9.17, 15) is 9.90 Å². The summed E-state index contributed by atoms with van der Waals surface area (Å²) >= 11 is 0. The van der Waals surface area contributed by atoms with Crippen molar-refractivity contribution in [3.05, 3.63) is 24.0 Å². The molecule has 19 heavy (non-hydrogen) atoms. The van der Waals surface area contributed by atoms with E-state index in [0.717, 1.165) is 31.5 Å². The lowest BCUT2D eigenvalue weighted by atomic mass is 9.86. The van der Waals surface area contributed by atoms with E-state index in [0.29, 0.717) is 11.6 Å². The van der Waals surface area contributed by atoms with Gasteiger partial charge in [-0.3, -0.25) is 9.78 Å². The minimum Gasteiger partial charge on any atom is -0.393 e. The molecule has 0 spiro atoms. The number of nitrogens with zero attached hydrogens (tertiary/aromatic N) is 1. The fraction of sp³-hybridized carbons (Fsp3) is 0.571. The van der Waals surface area contributed by atoms with Crippen LogP contribution in [0, 0.1) is 5.92 Å². The number of amides is 1. The number of carbonyl (C=O) groups excluding carboxylic acids is 1. The summed E-state index contributed by atoms with van der Waals surface area (Å²) in [6.07, 6.45) is 5.66. The van der Waals surface area contributed by atoms with Gasteiger partial charge in [0.2, 0.25) is 0 Å². The van der Waals surface area contributed by atoms with Crippen molar-refractivity contribution < 1.29 is 9.90 Å². The number of aliphatic hydroxyl groups excluding tert-OH is 1. The maximum Gasteiger partial charge on any atom is 0.269 e. The summed E-state index contributed by atoms with van der Waals surface area (Å²) in [6, 6.07) is 3.57. The number of aliphatic hydroxyl groups is 1. The molecule has 1 aliphatic carbocycles. The predicted molar refractivity (Wildman–Crippen MR) is 74.1 cm³/mol. The third-order valence-electron chi connectivity index (χ3n) is 3.66. The van der Waals surface area contributed by atoms with E-state index in [4.69, 9.17) is 0 Å². The summed E-state index contributed by atoms with van der Waals surface area (Å²) in [6.45, 7) is 0.734. The molecule has 0 aliphatic heterocycles. The molecule has 1 aromatic heterocycles. The molecule has 1 aliphatic rings. The van der Waals surface area contributed by atoms with Crippen LogP contribution < -0.4 is 10.6 Å². The Morgan fingerprint density at radius 3 is 3.00 bits per heavy atom. The van der Waals surface area contributed by atoms with Gasteiger partial charge in [0.05, 0.1) is 6.10 Å². The lowest BCUT2D eigenvalue weighted by Crippen LogP contribution is -2.30. The molecule has 2 unspecified atom stereocenters. The van der Waals surface area contributed by atoms with Crippen LogP contribution in [-0.4, -0.2) is 35.7 Å². The Morgan fingerprint density at radius 1 is 1.47 bits per heavy atom. The molecule has 0 radical (unpaired) electrons. The summed E-state index contributed by atoms with van der Waals surface area (Å²) in [5, 5.41) is 15.7. The highest BCUT2D eigenvalue weighted by atomic mass is 16.3. The lowest BCUT2D eigenvalue weighted by Gasteiger charge is -2.28. The van der Waals surface area contributed by atoms with Gasteiger partial charge in [-0.05, 0) is 25.0 Å². The number of nitrogens with one attached hydrogen (secondary N) is 2. The van der Waals surface area contributed by atoms with Crippen LogP contribution >= 0.6 is 0 Å². The van der Waals surface area contributed by atoms with Gasteiger partial charge in [0.15, 0.2) is 0 Å². The second-order valence-electron chi connectivity index (χ2n) is 5.00. The van der Waals surface area contributed by atoms with Crippen LogP contribution in [0.3, 0.4) is 0 Å². The first-order valence-electron chi connectivity index (χ1n) is 6.81. The van der Waals surface area contributed by atoms with Crippen LogP contribution in [0.1, 0.15) is 36.2 Å². The molecular formula is C14H21N3O2. The molecule has 5 heteroatoms. The van der Waals surface area contributed by atoms with Gasteiger partial charge in [-0.1, -0.05) is 12.8 Å². The average molecular weight is 263 g/mol. The number of anilines is 1. The highest BCUT2D eigenvalue weighted by Gasteiger charge is 2.22.